The molecular formula is C13H17ClN4O6S. The molecular weight excluding hydrogens is 376 g/mol. The molecule has 0 radical (unpaired) electrons. The summed E-state index contributed by atoms with van der Waals surface area (Å²) in [5.41, 5.74) is -1.43. The maximum absolute atomic E-state index is 11.8. The van der Waals surface area contributed by atoms with E-state index in [2.05, 4.69) is 0 Å². The first kappa shape index (κ1) is 19.3. The molecule has 0 aliphatic heterocycles. The molecule has 1 fully saturated rings. The van der Waals surface area contributed by atoms with Gasteiger partial charge in [0.15, 0.2) is 5.69 Å². The van der Waals surface area contributed by atoms with Crippen molar-refractivity contribution in [2.75, 3.05) is 18.0 Å². The SMILES string of the molecule is CCCN(CC1CC1)c1c([N+](=O)[O-])cc(S(=O)(=O)NCl)cc1[N+](=O)[O-]. The fraction of sp³-hybridized carbons (Fsp3) is 0.538. The monoisotopic (exact) mass is 392 g/mol. The minimum absolute atomic E-state index is 0.169. The number of benzene rings is 1. The number of nitrogens with zero attached hydrogens (tertiary/aromatic N) is 3. The lowest BCUT2D eigenvalue weighted by Crippen LogP contribution is -2.28. The zero-order chi connectivity index (χ0) is 18.8. The number of hydrogen-bond donors (Lipinski definition) is 1. The predicted molar refractivity (Wildman–Crippen MR) is 91.2 cm³/mol. The molecule has 1 N–H and O–H groups in total. The van der Waals surface area contributed by atoms with Gasteiger partial charge in [-0.25, -0.2) is 8.42 Å². The van der Waals surface area contributed by atoms with Crippen LogP contribution in [0.15, 0.2) is 17.0 Å². The Morgan fingerprint density at radius 3 is 2.12 bits per heavy atom. The van der Waals surface area contributed by atoms with Crippen LogP contribution in [0.3, 0.4) is 0 Å². The Kier molecular flexibility index (Phi) is 5.80. The molecule has 138 valence electrons. The molecule has 25 heavy (non-hydrogen) atoms. The van der Waals surface area contributed by atoms with Crippen LogP contribution in [0.1, 0.15) is 26.2 Å². The summed E-state index contributed by atoms with van der Waals surface area (Å²) in [6.45, 7) is 2.70. The Labute approximate surface area is 149 Å². The average Bonchev–Trinajstić information content (AvgIpc) is 3.37. The summed E-state index contributed by atoms with van der Waals surface area (Å²) < 4.78 is 25.2. The number of halogens is 1. The Bertz CT molecular complexity index is 761. The molecule has 0 aromatic heterocycles. The van der Waals surface area contributed by atoms with E-state index in [0.717, 1.165) is 25.0 Å². The van der Waals surface area contributed by atoms with E-state index in [1.165, 1.54) is 4.24 Å². The van der Waals surface area contributed by atoms with Crippen molar-refractivity contribution in [3.8, 4) is 0 Å². The molecule has 0 atom stereocenters. The van der Waals surface area contributed by atoms with Crippen LogP contribution in [0.5, 0.6) is 0 Å². The van der Waals surface area contributed by atoms with Gasteiger partial charge in [0.05, 0.1) is 14.7 Å². The Morgan fingerprint density at radius 2 is 1.76 bits per heavy atom. The summed E-state index contributed by atoms with van der Waals surface area (Å²) in [5, 5.41) is 23.0. The van der Waals surface area contributed by atoms with E-state index in [1.807, 2.05) is 6.92 Å². The summed E-state index contributed by atoms with van der Waals surface area (Å²) in [4.78, 5) is 22.3. The Morgan fingerprint density at radius 1 is 1.24 bits per heavy atom. The third-order valence-electron chi connectivity index (χ3n) is 3.83. The van der Waals surface area contributed by atoms with Crippen molar-refractivity contribution in [1.29, 1.82) is 0 Å². The molecule has 0 amide bonds. The van der Waals surface area contributed by atoms with Crippen LogP contribution in [-0.2, 0) is 10.0 Å². The van der Waals surface area contributed by atoms with Gasteiger partial charge in [-0.2, -0.15) is 0 Å². The summed E-state index contributed by atoms with van der Waals surface area (Å²) >= 11 is 5.13. The van der Waals surface area contributed by atoms with E-state index in [4.69, 9.17) is 11.8 Å². The predicted octanol–water partition coefficient (Wildman–Crippen LogP) is 2.56. The lowest BCUT2D eigenvalue weighted by atomic mass is 10.2. The van der Waals surface area contributed by atoms with Gasteiger partial charge < -0.3 is 4.90 Å². The maximum atomic E-state index is 11.8. The van der Waals surface area contributed by atoms with Gasteiger partial charge in [0.2, 0.25) is 0 Å². The van der Waals surface area contributed by atoms with Crippen molar-refractivity contribution < 1.29 is 18.3 Å². The first-order chi connectivity index (χ1) is 11.7. The van der Waals surface area contributed by atoms with E-state index in [9.17, 15) is 28.6 Å². The minimum Gasteiger partial charge on any atom is -0.360 e. The number of hydrogen-bond acceptors (Lipinski definition) is 7. The molecule has 1 aliphatic rings. The van der Waals surface area contributed by atoms with E-state index >= 15 is 0 Å². The van der Waals surface area contributed by atoms with Crippen LogP contribution in [0.25, 0.3) is 0 Å². The van der Waals surface area contributed by atoms with Gasteiger partial charge >= 0.3 is 11.4 Å². The van der Waals surface area contributed by atoms with Crippen molar-refractivity contribution in [2.24, 2.45) is 5.92 Å². The van der Waals surface area contributed by atoms with Crippen LogP contribution in [0, 0.1) is 26.1 Å². The van der Waals surface area contributed by atoms with E-state index < -0.39 is 36.1 Å². The molecule has 12 heteroatoms. The summed E-state index contributed by atoms with van der Waals surface area (Å²) in [6.07, 6.45) is 2.55. The lowest BCUT2D eigenvalue weighted by molar-refractivity contribution is -0.393. The van der Waals surface area contributed by atoms with Gasteiger partial charge in [0.25, 0.3) is 10.0 Å². The second-order valence-corrected chi connectivity index (χ2v) is 7.89. The molecule has 0 unspecified atom stereocenters. The topological polar surface area (TPSA) is 136 Å². The van der Waals surface area contributed by atoms with E-state index in [0.29, 0.717) is 25.4 Å². The van der Waals surface area contributed by atoms with Crippen molar-refractivity contribution in [3.05, 3.63) is 32.4 Å². The smallest absolute Gasteiger partial charge is 0.301 e. The second kappa shape index (κ2) is 7.50. The molecule has 1 aromatic carbocycles. The maximum Gasteiger partial charge on any atom is 0.301 e. The van der Waals surface area contributed by atoms with Crippen LogP contribution in [-0.4, -0.2) is 31.4 Å². The summed E-state index contributed by atoms with van der Waals surface area (Å²) in [5.74, 6) is 0.332. The third-order valence-corrected chi connectivity index (χ3v) is 5.50. The molecule has 1 aromatic rings. The molecule has 0 spiro atoms. The van der Waals surface area contributed by atoms with Gasteiger partial charge in [-0.1, -0.05) is 6.92 Å². The lowest BCUT2D eigenvalue weighted by Gasteiger charge is -2.24. The molecule has 2 rings (SSSR count). The normalized spacial score (nSPS) is 14.3. The van der Waals surface area contributed by atoms with Crippen LogP contribution in [0.4, 0.5) is 17.1 Å². The molecule has 0 saturated heterocycles. The molecule has 0 bridgehead atoms. The number of rotatable bonds is 9. The number of sulfonamides is 1. The zero-order valence-electron chi connectivity index (χ0n) is 13.3. The molecule has 0 heterocycles. The quantitative estimate of drug-likeness (QED) is 0.387. The highest BCUT2D eigenvalue weighted by molar-refractivity contribution is 7.90. The molecule has 10 nitrogen and oxygen atoms in total. The number of nitro benzene ring substituents is 2. The Balaban J connectivity index is 2.70. The van der Waals surface area contributed by atoms with Crippen molar-refractivity contribution in [3.63, 3.8) is 0 Å². The van der Waals surface area contributed by atoms with Crippen LogP contribution >= 0.6 is 11.8 Å². The van der Waals surface area contributed by atoms with Gasteiger partial charge in [-0.3, -0.25) is 20.2 Å². The van der Waals surface area contributed by atoms with Crippen molar-refractivity contribution >= 4 is 38.9 Å². The van der Waals surface area contributed by atoms with Crippen LogP contribution < -0.4 is 9.14 Å². The van der Waals surface area contributed by atoms with Crippen molar-refractivity contribution in [2.45, 2.75) is 31.1 Å². The van der Waals surface area contributed by atoms with E-state index in [-0.39, 0.29) is 5.69 Å². The van der Waals surface area contributed by atoms with E-state index in [1.54, 1.807) is 4.90 Å². The summed E-state index contributed by atoms with van der Waals surface area (Å²) in [7, 11) is -4.29. The number of nitrogens with one attached hydrogen (secondary N) is 1. The summed E-state index contributed by atoms with van der Waals surface area (Å²) in [6, 6.07) is 1.59. The standard InChI is InChI=1S/C13H17ClN4O6S/c1-2-5-16(8-9-3-4-9)13-11(17(19)20)6-10(25(23,24)15-14)7-12(13)18(21)22/h6-7,9,15H,2-5,8H2,1H3. The molecule has 1 saturated carbocycles. The van der Waals surface area contributed by atoms with Crippen molar-refractivity contribution in [1.82, 2.24) is 4.24 Å². The van der Waals surface area contributed by atoms with Gasteiger partial charge in [-0.05, 0) is 37.0 Å². The highest BCUT2D eigenvalue weighted by atomic mass is 35.5. The number of anilines is 1. The second-order valence-electron chi connectivity index (χ2n) is 5.79. The average molecular weight is 393 g/mol. The first-order valence-electron chi connectivity index (χ1n) is 7.55. The largest absolute Gasteiger partial charge is 0.360 e. The minimum atomic E-state index is -4.29. The Hall–Kier alpha value is -1.98. The zero-order valence-corrected chi connectivity index (χ0v) is 14.9. The fourth-order valence-corrected chi connectivity index (χ4v) is 3.45. The number of nitro groups is 2. The third kappa shape index (κ3) is 4.35. The van der Waals surface area contributed by atoms with Gasteiger partial charge in [-0.15, -0.1) is 4.24 Å². The van der Waals surface area contributed by atoms with Crippen LogP contribution in [0.2, 0.25) is 0 Å². The van der Waals surface area contributed by atoms with Gasteiger partial charge in [0.1, 0.15) is 0 Å². The highest BCUT2D eigenvalue weighted by Crippen LogP contribution is 2.42. The van der Waals surface area contributed by atoms with Gasteiger partial charge in [0, 0.05) is 25.2 Å². The highest BCUT2D eigenvalue weighted by Gasteiger charge is 2.35. The molecule has 1 aliphatic carbocycles. The fourth-order valence-electron chi connectivity index (χ4n) is 2.56. The first-order valence-corrected chi connectivity index (χ1v) is 9.41.